The Morgan fingerprint density at radius 1 is 1.56 bits per heavy atom. The maximum atomic E-state index is 3.92. The molecule has 0 atom stereocenters. The molecule has 0 aliphatic carbocycles. The minimum atomic E-state index is 0.884. The first-order chi connectivity index (χ1) is 4.47. The summed E-state index contributed by atoms with van der Waals surface area (Å²) in [4.78, 5) is 0. The Hall–Kier alpha value is -0.830. The summed E-state index contributed by atoms with van der Waals surface area (Å²) >= 11 is 1.72. The van der Waals surface area contributed by atoms with E-state index in [1.807, 2.05) is 6.21 Å². The molecule has 1 aromatic heterocycles. The molecule has 0 unspecified atom stereocenters. The van der Waals surface area contributed by atoms with Gasteiger partial charge in [0.1, 0.15) is 0 Å². The zero-order valence-electron chi connectivity index (χ0n) is 4.79. The van der Waals surface area contributed by atoms with Gasteiger partial charge in [-0.05, 0) is 16.3 Å². The number of hydrogen-bond acceptors (Lipinski definition) is 3. The summed E-state index contributed by atoms with van der Waals surface area (Å²) in [6.07, 6.45) is 1.86. The van der Waals surface area contributed by atoms with E-state index in [-0.39, 0.29) is 0 Å². The van der Waals surface area contributed by atoms with Crippen molar-refractivity contribution in [3.05, 3.63) is 21.9 Å². The predicted octanol–water partition coefficient (Wildman–Crippen LogP) is 1.19. The van der Waals surface area contributed by atoms with Crippen LogP contribution in [0.1, 0.15) is 11.1 Å². The highest BCUT2D eigenvalue weighted by Crippen LogP contribution is 2.14. The summed E-state index contributed by atoms with van der Waals surface area (Å²) in [5.74, 6) is 0. The van der Waals surface area contributed by atoms with E-state index in [1.165, 1.54) is 11.1 Å². The van der Waals surface area contributed by atoms with Crippen LogP contribution in [-0.4, -0.2) is 6.21 Å². The molecule has 0 fully saturated rings. The molecule has 1 aliphatic heterocycles. The van der Waals surface area contributed by atoms with Gasteiger partial charge in [0.15, 0.2) is 0 Å². The smallest absolute Gasteiger partial charge is 0.0594 e. The van der Waals surface area contributed by atoms with E-state index in [4.69, 9.17) is 0 Å². The monoisotopic (exact) mass is 138 g/mol. The van der Waals surface area contributed by atoms with Crippen molar-refractivity contribution in [1.29, 1.82) is 0 Å². The normalized spacial score (nSPS) is 14.7. The van der Waals surface area contributed by atoms with E-state index in [0.29, 0.717) is 0 Å². The van der Waals surface area contributed by atoms with Crippen molar-refractivity contribution >= 4 is 17.6 Å². The van der Waals surface area contributed by atoms with Gasteiger partial charge in [0.2, 0.25) is 0 Å². The molecule has 2 rings (SSSR count). The van der Waals surface area contributed by atoms with Crippen molar-refractivity contribution in [2.45, 2.75) is 6.54 Å². The number of nitrogens with zero attached hydrogens (tertiary/aromatic N) is 1. The first-order valence-corrected chi connectivity index (χ1v) is 3.72. The van der Waals surface area contributed by atoms with Gasteiger partial charge >= 0.3 is 0 Å². The van der Waals surface area contributed by atoms with E-state index in [1.54, 1.807) is 11.3 Å². The second-order valence-corrected chi connectivity index (χ2v) is 2.69. The molecule has 1 aromatic rings. The van der Waals surface area contributed by atoms with Crippen molar-refractivity contribution in [1.82, 2.24) is 5.43 Å². The van der Waals surface area contributed by atoms with Crippen LogP contribution in [0.15, 0.2) is 15.9 Å². The SMILES string of the molecule is C1=NNCc2cscc21. The lowest BCUT2D eigenvalue weighted by atomic mass is 10.2. The molecule has 0 spiro atoms. The average Bonchev–Trinajstić information content (AvgIpc) is 2.33. The quantitative estimate of drug-likeness (QED) is 0.572. The van der Waals surface area contributed by atoms with Crippen molar-refractivity contribution in [3.8, 4) is 0 Å². The topological polar surface area (TPSA) is 24.4 Å². The fourth-order valence-corrected chi connectivity index (χ4v) is 1.65. The summed E-state index contributed by atoms with van der Waals surface area (Å²) in [5.41, 5.74) is 5.52. The molecule has 0 saturated heterocycles. The second-order valence-electron chi connectivity index (χ2n) is 1.95. The van der Waals surface area contributed by atoms with Crippen molar-refractivity contribution in [2.75, 3.05) is 0 Å². The molecule has 2 heterocycles. The van der Waals surface area contributed by atoms with Gasteiger partial charge in [-0.3, -0.25) is 0 Å². The van der Waals surface area contributed by atoms with Crippen LogP contribution in [0.2, 0.25) is 0 Å². The highest BCUT2D eigenvalue weighted by atomic mass is 32.1. The number of hydrogen-bond donors (Lipinski definition) is 1. The van der Waals surface area contributed by atoms with Gasteiger partial charge in [-0.25, -0.2) is 0 Å². The van der Waals surface area contributed by atoms with Gasteiger partial charge in [0.25, 0.3) is 0 Å². The maximum absolute atomic E-state index is 3.92. The third-order valence-corrected chi connectivity index (χ3v) is 2.15. The minimum Gasteiger partial charge on any atom is -0.306 e. The van der Waals surface area contributed by atoms with Gasteiger partial charge in [-0.2, -0.15) is 16.4 Å². The number of rotatable bonds is 0. The Bertz CT molecular complexity index is 239. The number of thiophene rings is 1. The van der Waals surface area contributed by atoms with Crippen LogP contribution in [0.4, 0.5) is 0 Å². The van der Waals surface area contributed by atoms with Crippen LogP contribution in [0.5, 0.6) is 0 Å². The number of hydrazone groups is 1. The minimum absolute atomic E-state index is 0.884. The second kappa shape index (κ2) is 1.84. The molecule has 1 N–H and O–H groups in total. The molecule has 3 heteroatoms. The van der Waals surface area contributed by atoms with E-state index in [2.05, 4.69) is 21.3 Å². The lowest BCUT2D eigenvalue weighted by Crippen LogP contribution is -2.10. The molecule has 0 saturated carbocycles. The van der Waals surface area contributed by atoms with Crippen LogP contribution < -0.4 is 5.43 Å². The molecular formula is C6H6N2S. The predicted molar refractivity (Wildman–Crippen MR) is 38.8 cm³/mol. The maximum Gasteiger partial charge on any atom is 0.0594 e. The molecule has 0 radical (unpaired) electrons. The Morgan fingerprint density at radius 3 is 3.44 bits per heavy atom. The summed E-state index contributed by atoms with van der Waals surface area (Å²) in [6.45, 7) is 0.884. The van der Waals surface area contributed by atoms with E-state index < -0.39 is 0 Å². The number of fused-ring (bicyclic) bond motifs is 1. The van der Waals surface area contributed by atoms with Crippen LogP contribution >= 0.6 is 11.3 Å². The molecule has 1 aliphatic rings. The third-order valence-electron chi connectivity index (χ3n) is 1.34. The Balaban J connectivity index is 2.53. The van der Waals surface area contributed by atoms with Gasteiger partial charge in [0.05, 0.1) is 12.8 Å². The molecular weight excluding hydrogens is 132 g/mol. The van der Waals surface area contributed by atoms with Crippen LogP contribution in [0.25, 0.3) is 0 Å². The molecule has 0 amide bonds. The molecule has 0 bridgehead atoms. The molecule has 9 heavy (non-hydrogen) atoms. The van der Waals surface area contributed by atoms with E-state index in [0.717, 1.165) is 6.54 Å². The van der Waals surface area contributed by atoms with Crippen molar-refractivity contribution in [2.24, 2.45) is 5.10 Å². The number of nitrogens with one attached hydrogen (secondary N) is 1. The first kappa shape index (κ1) is 4.99. The van der Waals surface area contributed by atoms with Crippen LogP contribution in [0, 0.1) is 0 Å². The molecule has 0 aromatic carbocycles. The summed E-state index contributed by atoms with van der Waals surface area (Å²) in [6, 6.07) is 0. The highest BCUT2D eigenvalue weighted by molar-refractivity contribution is 7.08. The average molecular weight is 138 g/mol. The summed E-state index contributed by atoms with van der Waals surface area (Å²) in [7, 11) is 0. The molecule has 46 valence electrons. The summed E-state index contributed by atoms with van der Waals surface area (Å²) in [5, 5.41) is 8.18. The Labute approximate surface area is 57.2 Å². The lowest BCUT2D eigenvalue weighted by Gasteiger charge is -2.04. The largest absolute Gasteiger partial charge is 0.306 e. The van der Waals surface area contributed by atoms with Crippen LogP contribution in [0.3, 0.4) is 0 Å². The van der Waals surface area contributed by atoms with Crippen molar-refractivity contribution in [3.63, 3.8) is 0 Å². The fraction of sp³-hybridized carbons (Fsp3) is 0.167. The van der Waals surface area contributed by atoms with E-state index in [9.17, 15) is 0 Å². The zero-order chi connectivity index (χ0) is 6.10. The van der Waals surface area contributed by atoms with Gasteiger partial charge in [0, 0.05) is 5.56 Å². The first-order valence-electron chi connectivity index (χ1n) is 2.78. The lowest BCUT2D eigenvalue weighted by molar-refractivity contribution is 0.738. The van der Waals surface area contributed by atoms with Gasteiger partial charge < -0.3 is 5.43 Å². The van der Waals surface area contributed by atoms with Crippen molar-refractivity contribution < 1.29 is 0 Å². The van der Waals surface area contributed by atoms with E-state index >= 15 is 0 Å². The highest BCUT2D eigenvalue weighted by Gasteiger charge is 2.02. The van der Waals surface area contributed by atoms with Crippen LogP contribution in [-0.2, 0) is 6.54 Å². The fourth-order valence-electron chi connectivity index (χ4n) is 0.836. The van der Waals surface area contributed by atoms with Gasteiger partial charge in [-0.15, -0.1) is 0 Å². The Kier molecular flexibility index (Phi) is 1.02. The third kappa shape index (κ3) is 0.733. The molecule has 2 nitrogen and oxygen atoms in total. The summed E-state index contributed by atoms with van der Waals surface area (Å²) < 4.78 is 0. The Morgan fingerprint density at radius 2 is 2.56 bits per heavy atom. The van der Waals surface area contributed by atoms with Gasteiger partial charge in [-0.1, -0.05) is 0 Å². The standard InChI is InChI=1S/C6H6N2S/c1-5-3-9-4-6(5)2-8-7-1/h1,3-4,8H,2H2. The zero-order valence-corrected chi connectivity index (χ0v) is 5.61.